The Morgan fingerprint density at radius 1 is 1.37 bits per heavy atom. The Bertz CT molecular complexity index is 443. The van der Waals surface area contributed by atoms with E-state index in [-0.39, 0.29) is 0 Å². The fraction of sp³-hybridized carbons (Fsp3) is 0.714. The van der Waals surface area contributed by atoms with Crippen molar-refractivity contribution >= 4 is 5.82 Å². The molecule has 0 aliphatic carbocycles. The van der Waals surface area contributed by atoms with Crippen LogP contribution in [-0.4, -0.2) is 42.3 Å². The van der Waals surface area contributed by atoms with Crippen LogP contribution in [0.2, 0.25) is 0 Å². The summed E-state index contributed by atoms with van der Waals surface area (Å²) in [6, 6.07) is 0. The first-order chi connectivity index (χ1) is 9.24. The lowest BCUT2D eigenvalue weighted by Gasteiger charge is -2.29. The van der Waals surface area contributed by atoms with Crippen LogP contribution >= 0.6 is 0 Å². The number of hydrogen-bond acceptors (Lipinski definition) is 4. The van der Waals surface area contributed by atoms with E-state index >= 15 is 0 Å². The Labute approximate surface area is 113 Å². The second-order valence-electron chi connectivity index (χ2n) is 5.58. The predicted molar refractivity (Wildman–Crippen MR) is 73.4 cm³/mol. The quantitative estimate of drug-likeness (QED) is 0.837. The Morgan fingerprint density at radius 3 is 2.95 bits per heavy atom. The molecule has 1 N–H and O–H groups in total. The Balaban J connectivity index is 1.82. The normalized spacial score (nSPS) is 24.9. The van der Waals surface area contributed by atoms with Crippen LogP contribution in [-0.2, 0) is 6.42 Å². The summed E-state index contributed by atoms with van der Waals surface area (Å²) in [6.45, 7) is 5.61. The molecule has 1 saturated heterocycles. The van der Waals surface area contributed by atoms with Crippen molar-refractivity contribution in [3.8, 4) is 0 Å². The lowest BCUT2D eigenvalue weighted by atomic mass is 10.1. The average Bonchev–Trinajstić information content (AvgIpc) is 2.61. The van der Waals surface area contributed by atoms with Crippen LogP contribution in [0.1, 0.15) is 37.1 Å². The number of fused-ring (bicyclic) bond motifs is 1. The molecule has 0 saturated carbocycles. The highest BCUT2D eigenvalue weighted by molar-refractivity contribution is 5.39. The first kappa shape index (κ1) is 12.8. The minimum absolute atomic E-state index is 0.413. The number of hydrogen-bond donors (Lipinski definition) is 1. The molecule has 0 radical (unpaired) electrons. The fourth-order valence-electron chi connectivity index (χ4n) is 2.87. The molecular weight excluding hydrogens is 243 g/mol. The van der Waals surface area contributed by atoms with E-state index in [4.69, 9.17) is 4.98 Å². The van der Waals surface area contributed by atoms with E-state index in [0.29, 0.717) is 18.8 Å². The van der Waals surface area contributed by atoms with E-state index in [0.717, 1.165) is 49.8 Å². The van der Waals surface area contributed by atoms with Gasteiger partial charge >= 0.3 is 0 Å². The van der Waals surface area contributed by atoms with Crippen molar-refractivity contribution in [2.24, 2.45) is 0 Å². The zero-order valence-electron chi connectivity index (χ0n) is 11.4. The second kappa shape index (κ2) is 5.41. The number of aromatic nitrogens is 2. The molecule has 3 heterocycles. The molecule has 5 heteroatoms. The summed E-state index contributed by atoms with van der Waals surface area (Å²) in [7, 11) is 0. The maximum absolute atomic E-state index is 13.2. The highest BCUT2D eigenvalue weighted by Gasteiger charge is 2.22. The van der Waals surface area contributed by atoms with E-state index in [1.807, 2.05) is 6.20 Å². The zero-order chi connectivity index (χ0) is 13.2. The van der Waals surface area contributed by atoms with Gasteiger partial charge in [-0.1, -0.05) is 6.92 Å². The number of piperidine rings is 1. The van der Waals surface area contributed by atoms with Crippen LogP contribution in [0.5, 0.6) is 0 Å². The van der Waals surface area contributed by atoms with Crippen LogP contribution in [0.25, 0.3) is 0 Å². The topological polar surface area (TPSA) is 41.1 Å². The Kier molecular flexibility index (Phi) is 3.64. The van der Waals surface area contributed by atoms with Gasteiger partial charge in [0.15, 0.2) is 0 Å². The van der Waals surface area contributed by atoms with E-state index in [1.54, 1.807) is 0 Å². The van der Waals surface area contributed by atoms with Gasteiger partial charge in [0.05, 0.1) is 17.6 Å². The summed E-state index contributed by atoms with van der Waals surface area (Å²) in [5.41, 5.74) is 2.23. The highest BCUT2D eigenvalue weighted by atomic mass is 19.1. The molecule has 2 aliphatic heterocycles. The van der Waals surface area contributed by atoms with Crippen LogP contribution in [0, 0.1) is 0 Å². The summed E-state index contributed by atoms with van der Waals surface area (Å²) < 4.78 is 13.2. The standard InChI is InChI=1S/C14H21FN4/c1-10-8-16-5-2-12-14(10)17-9-13(18-12)19-6-3-11(15)4-7-19/h9-11,16H,2-8H2,1H3/t10-/m0/s1. The maximum atomic E-state index is 13.2. The van der Waals surface area contributed by atoms with Crippen LogP contribution in [0.3, 0.4) is 0 Å². The predicted octanol–water partition coefficient (Wildman–Crippen LogP) is 1.66. The number of alkyl halides is 1. The molecule has 104 valence electrons. The molecule has 3 rings (SSSR count). The monoisotopic (exact) mass is 264 g/mol. The number of rotatable bonds is 1. The van der Waals surface area contributed by atoms with Crippen molar-refractivity contribution in [2.45, 2.75) is 38.3 Å². The van der Waals surface area contributed by atoms with E-state index in [9.17, 15) is 4.39 Å². The van der Waals surface area contributed by atoms with Crippen molar-refractivity contribution < 1.29 is 4.39 Å². The Hall–Kier alpha value is -1.23. The summed E-state index contributed by atoms with van der Waals surface area (Å²) in [5.74, 6) is 1.33. The lowest BCUT2D eigenvalue weighted by Crippen LogP contribution is -2.35. The number of nitrogens with one attached hydrogen (secondary N) is 1. The van der Waals surface area contributed by atoms with Crippen molar-refractivity contribution in [1.29, 1.82) is 0 Å². The molecule has 1 atom stereocenters. The molecule has 0 unspecified atom stereocenters. The van der Waals surface area contributed by atoms with Gasteiger partial charge in [-0.2, -0.15) is 0 Å². The third-order valence-corrected chi connectivity index (χ3v) is 4.07. The summed E-state index contributed by atoms with van der Waals surface area (Å²) in [4.78, 5) is 11.5. The first-order valence-electron chi connectivity index (χ1n) is 7.19. The first-order valence-corrected chi connectivity index (χ1v) is 7.19. The molecule has 1 aromatic heterocycles. The average molecular weight is 264 g/mol. The molecule has 2 aliphatic rings. The molecule has 1 fully saturated rings. The minimum Gasteiger partial charge on any atom is -0.355 e. The van der Waals surface area contributed by atoms with Gasteiger partial charge in [0.1, 0.15) is 12.0 Å². The second-order valence-corrected chi connectivity index (χ2v) is 5.58. The molecule has 4 nitrogen and oxygen atoms in total. The molecule has 0 spiro atoms. The number of nitrogens with zero attached hydrogens (tertiary/aromatic N) is 3. The Morgan fingerprint density at radius 2 is 2.16 bits per heavy atom. The van der Waals surface area contributed by atoms with Crippen molar-refractivity contribution in [3.05, 3.63) is 17.6 Å². The van der Waals surface area contributed by atoms with Gasteiger partial charge in [0.25, 0.3) is 0 Å². The van der Waals surface area contributed by atoms with E-state index in [1.165, 1.54) is 0 Å². The summed E-state index contributed by atoms with van der Waals surface area (Å²) >= 11 is 0. The number of halogens is 1. The largest absolute Gasteiger partial charge is 0.355 e. The SMILES string of the molecule is C[C@H]1CNCCc2nc(N3CCC(F)CC3)cnc21. The van der Waals surface area contributed by atoms with Crippen LogP contribution in [0.4, 0.5) is 10.2 Å². The van der Waals surface area contributed by atoms with Crippen LogP contribution < -0.4 is 10.2 Å². The molecule has 1 aromatic rings. The minimum atomic E-state index is -0.644. The van der Waals surface area contributed by atoms with Crippen molar-refractivity contribution in [1.82, 2.24) is 15.3 Å². The molecule has 0 amide bonds. The van der Waals surface area contributed by atoms with Gasteiger partial charge in [-0.05, 0) is 12.8 Å². The van der Waals surface area contributed by atoms with E-state index in [2.05, 4.69) is 22.1 Å². The van der Waals surface area contributed by atoms with Gasteiger partial charge in [0.2, 0.25) is 0 Å². The van der Waals surface area contributed by atoms with Gasteiger partial charge in [-0.3, -0.25) is 4.98 Å². The van der Waals surface area contributed by atoms with E-state index < -0.39 is 6.17 Å². The molecule has 0 bridgehead atoms. The molecule has 0 aromatic carbocycles. The zero-order valence-corrected chi connectivity index (χ0v) is 11.4. The van der Waals surface area contributed by atoms with Crippen molar-refractivity contribution in [3.63, 3.8) is 0 Å². The fourth-order valence-corrected chi connectivity index (χ4v) is 2.87. The van der Waals surface area contributed by atoms with Gasteiger partial charge in [-0.15, -0.1) is 0 Å². The van der Waals surface area contributed by atoms with Crippen LogP contribution in [0.15, 0.2) is 6.20 Å². The van der Waals surface area contributed by atoms with Crippen molar-refractivity contribution in [2.75, 3.05) is 31.1 Å². The lowest BCUT2D eigenvalue weighted by molar-refractivity contribution is 0.276. The van der Waals surface area contributed by atoms with Gasteiger partial charge < -0.3 is 10.2 Å². The van der Waals surface area contributed by atoms with Gasteiger partial charge in [-0.25, -0.2) is 9.37 Å². The maximum Gasteiger partial charge on any atom is 0.147 e. The molecule has 19 heavy (non-hydrogen) atoms. The highest BCUT2D eigenvalue weighted by Crippen LogP contribution is 2.23. The molecular formula is C14H21FN4. The summed E-state index contributed by atoms with van der Waals surface area (Å²) in [6.07, 6.45) is 3.36. The summed E-state index contributed by atoms with van der Waals surface area (Å²) in [5, 5.41) is 3.41. The number of anilines is 1. The smallest absolute Gasteiger partial charge is 0.147 e. The third-order valence-electron chi connectivity index (χ3n) is 4.07. The van der Waals surface area contributed by atoms with Gasteiger partial charge in [0, 0.05) is 38.5 Å². The third kappa shape index (κ3) is 2.71.